The summed E-state index contributed by atoms with van der Waals surface area (Å²) in [7, 11) is 4.05. The first kappa shape index (κ1) is 11.9. The number of nitrogens with zero attached hydrogens (tertiary/aromatic N) is 2. The number of rotatable bonds is 1. The monoisotopic (exact) mass is 265 g/mol. The van der Waals surface area contributed by atoms with E-state index in [9.17, 15) is 0 Å². The third-order valence-corrected chi connectivity index (χ3v) is 2.29. The molecule has 0 saturated carbocycles. The Kier molecular flexibility index (Phi) is 3.97. The summed E-state index contributed by atoms with van der Waals surface area (Å²) in [6.07, 6.45) is 8.23. The smallest absolute Gasteiger partial charge is 0.169 e. The first-order valence-corrected chi connectivity index (χ1v) is 4.67. The zero-order valence-corrected chi connectivity index (χ0v) is 10.5. The van der Waals surface area contributed by atoms with Crippen molar-refractivity contribution in [3.8, 4) is 11.1 Å². The lowest BCUT2D eigenvalue weighted by molar-refractivity contribution is -0.671. The van der Waals surface area contributed by atoms with E-state index in [2.05, 4.69) is 49.1 Å². The summed E-state index contributed by atoms with van der Waals surface area (Å²) in [5, 5.41) is 0. The van der Waals surface area contributed by atoms with Gasteiger partial charge in [0.1, 0.15) is 14.1 Å². The van der Waals surface area contributed by atoms with E-state index in [0.29, 0.717) is 0 Å². The summed E-state index contributed by atoms with van der Waals surface area (Å²) in [4.78, 5) is 0. The lowest BCUT2D eigenvalue weighted by Gasteiger charge is -1.97. The molecule has 0 aliphatic carbocycles. The summed E-state index contributed by atoms with van der Waals surface area (Å²) in [6, 6.07) is 8.48. The molecule has 0 aliphatic heterocycles. The van der Waals surface area contributed by atoms with E-state index in [4.69, 9.17) is 0 Å². The van der Waals surface area contributed by atoms with Gasteiger partial charge >= 0.3 is 0 Å². The van der Waals surface area contributed by atoms with Crippen LogP contribution in [0.2, 0.25) is 0 Å². The second-order valence-electron chi connectivity index (χ2n) is 3.50. The van der Waals surface area contributed by atoms with Gasteiger partial charge in [-0.15, -0.1) is 0 Å². The van der Waals surface area contributed by atoms with Crippen molar-refractivity contribution in [2.75, 3.05) is 0 Å². The fourth-order valence-electron chi connectivity index (χ4n) is 1.39. The Labute approximate surface area is 101 Å². The molecule has 0 bridgehead atoms. The van der Waals surface area contributed by atoms with Crippen LogP contribution in [0, 0.1) is 0 Å². The van der Waals surface area contributed by atoms with Crippen LogP contribution < -0.4 is 26.1 Å². The molecular formula is C12H14BrN2+. The van der Waals surface area contributed by atoms with Crippen LogP contribution >= 0.6 is 0 Å². The predicted octanol–water partition coefficient (Wildman–Crippen LogP) is -1.99. The number of aryl methyl sites for hydroxylation is 2. The predicted molar refractivity (Wildman–Crippen MR) is 54.2 cm³/mol. The van der Waals surface area contributed by atoms with Gasteiger partial charge in [-0.25, -0.2) is 9.13 Å². The second-order valence-corrected chi connectivity index (χ2v) is 3.50. The third-order valence-electron chi connectivity index (χ3n) is 2.29. The SMILES string of the molecule is C[n+]1ccc(-c2cc[n+](C)cc2)cc1.[Br-]. The molecule has 2 aromatic heterocycles. The molecule has 2 rings (SSSR count). The van der Waals surface area contributed by atoms with Crippen LogP contribution in [0.25, 0.3) is 11.1 Å². The Hall–Kier alpha value is -1.22. The van der Waals surface area contributed by atoms with Gasteiger partial charge in [-0.2, -0.15) is 0 Å². The maximum absolute atomic E-state index is 2.12. The molecule has 78 valence electrons. The van der Waals surface area contributed by atoms with Crippen molar-refractivity contribution >= 4 is 0 Å². The summed E-state index contributed by atoms with van der Waals surface area (Å²) in [5.74, 6) is 0. The highest BCUT2D eigenvalue weighted by molar-refractivity contribution is 5.60. The van der Waals surface area contributed by atoms with Gasteiger partial charge in [-0.3, -0.25) is 0 Å². The minimum absolute atomic E-state index is 0. The minimum Gasteiger partial charge on any atom is -1.00 e. The van der Waals surface area contributed by atoms with Gasteiger partial charge in [0, 0.05) is 24.3 Å². The van der Waals surface area contributed by atoms with Gasteiger partial charge in [0.2, 0.25) is 0 Å². The lowest BCUT2D eigenvalue weighted by atomic mass is 10.1. The van der Waals surface area contributed by atoms with Crippen LogP contribution in [0.1, 0.15) is 0 Å². The molecular weight excluding hydrogens is 252 g/mol. The Balaban J connectivity index is 0.00000112. The maximum atomic E-state index is 2.12. The van der Waals surface area contributed by atoms with E-state index in [-0.39, 0.29) is 17.0 Å². The molecule has 0 atom stereocenters. The van der Waals surface area contributed by atoms with Crippen molar-refractivity contribution in [2.24, 2.45) is 14.1 Å². The molecule has 2 aromatic rings. The minimum atomic E-state index is 0. The van der Waals surface area contributed by atoms with Gasteiger partial charge in [0.15, 0.2) is 24.8 Å². The van der Waals surface area contributed by atoms with Gasteiger partial charge in [0.25, 0.3) is 0 Å². The van der Waals surface area contributed by atoms with Crippen LogP contribution in [0.3, 0.4) is 0 Å². The van der Waals surface area contributed by atoms with Crippen molar-refractivity contribution < 1.29 is 26.1 Å². The number of pyridine rings is 2. The third kappa shape index (κ3) is 2.86. The van der Waals surface area contributed by atoms with Gasteiger partial charge in [-0.05, 0) is 11.1 Å². The van der Waals surface area contributed by atoms with Crippen molar-refractivity contribution in [1.82, 2.24) is 0 Å². The van der Waals surface area contributed by atoms with Crippen LogP contribution in [-0.2, 0) is 14.1 Å². The fourth-order valence-corrected chi connectivity index (χ4v) is 1.39. The van der Waals surface area contributed by atoms with E-state index >= 15 is 0 Å². The van der Waals surface area contributed by atoms with Crippen molar-refractivity contribution in [2.45, 2.75) is 0 Å². The van der Waals surface area contributed by atoms with Gasteiger partial charge < -0.3 is 17.0 Å². The Morgan fingerprint density at radius 2 is 0.933 bits per heavy atom. The molecule has 0 amide bonds. The number of halogens is 1. The van der Waals surface area contributed by atoms with Crippen LogP contribution in [0.5, 0.6) is 0 Å². The molecule has 3 heteroatoms. The zero-order chi connectivity index (χ0) is 9.97. The average molecular weight is 266 g/mol. The van der Waals surface area contributed by atoms with E-state index in [0.717, 1.165) is 0 Å². The number of hydrogen-bond donors (Lipinski definition) is 0. The highest BCUT2D eigenvalue weighted by Crippen LogP contribution is 2.14. The largest absolute Gasteiger partial charge is 1.00 e. The Morgan fingerprint density at radius 1 is 0.667 bits per heavy atom. The average Bonchev–Trinajstić information content (AvgIpc) is 2.21. The first-order valence-electron chi connectivity index (χ1n) is 4.67. The van der Waals surface area contributed by atoms with E-state index < -0.39 is 0 Å². The van der Waals surface area contributed by atoms with Crippen LogP contribution in [0.15, 0.2) is 49.1 Å². The summed E-state index contributed by atoms with van der Waals surface area (Å²) >= 11 is 0. The molecule has 0 N–H and O–H groups in total. The molecule has 0 radical (unpaired) electrons. The zero-order valence-electron chi connectivity index (χ0n) is 8.89. The highest BCUT2D eigenvalue weighted by Gasteiger charge is 2.00. The summed E-state index contributed by atoms with van der Waals surface area (Å²) < 4.78 is 4.07. The second kappa shape index (κ2) is 5.03. The van der Waals surface area contributed by atoms with E-state index in [1.807, 2.05) is 23.2 Å². The number of aromatic nitrogens is 2. The molecule has 0 unspecified atom stereocenters. The summed E-state index contributed by atoms with van der Waals surface area (Å²) in [5.41, 5.74) is 2.51. The maximum Gasteiger partial charge on any atom is 0.169 e. The quantitative estimate of drug-likeness (QED) is 0.528. The number of hydrogen-bond acceptors (Lipinski definition) is 0. The van der Waals surface area contributed by atoms with Crippen LogP contribution in [-0.4, -0.2) is 0 Å². The van der Waals surface area contributed by atoms with Crippen molar-refractivity contribution in [3.63, 3.8) is 0 Å². The highest BCUT2D eigenvalue weighted by atomic mass is 79.9. The molecule has 0 saturated heterocycles. The molecule has 2 nitrogen and oxygen atoms in total. The van der Waals surface area contributed by atoms with E-state index in [1.54, 1.807) is 0 Å². The molecule has 2 heterocycles. The Bertz CT molecular complexity index is 377. The molecule has 0 spiro atoms. The topological polar surface area (TPSA) is 7.76 Å². The van der Waals surface area contributed by atoms with E-state index in [1.165, 1.54) is 11.1 Å². The normalized spacial score (nSPS) is 9.47. The molecule has 0 fully saturated rings. The molecule has 0 aliphatic rings. The first-order chi connectivity index (χ1) is 6.75. The molecule has 0 aromatic carbocycles. The fraction of sp³-hybridized carbons (Fsp3) is 0.167. The van der Waals surface area contributed by atoms with Crippen molar-refractivity contribution in [1.29, 1.82) is 0 Å². The van der Waals surface area contributed by atoms with Crippen molar-refractivity contribution in [3.05, 3.63) is 49.1 Å². The van der Waals surface area contributed by atoms with Crippen LogP contribution in [0.4, 0.5) is 0 Å². The lowest BCUT2D eigenvalue weighted by Crippen LogP contribution is -3.00. The summed E-state index contributed by atoms with van der Waals surface area (Å²) in [6.45, 7) is 0. The molecule has 15 heavy (non-hydrogen) atoms. The van der Waals surface area contributed by atoms with Gasteiger partial charge in [-0.1, -0.05) is 0 Å². The standard InChI is InChI=1S/C12H14N2.BrH/c1-13-7-3-11(4-8-13)12-5-9-14(2)10-6-12;/h3-10H,1-2H3;1H/q+2;/p-1. The Morgan fingerprint density at radius 3 is 1.20 bits per heavy atom. The van der Waals surface area contributed by atoms with Gasteiger partial charge in [0.05, 0.1) is 0 Å².